The Kier molecular flexibility index (Phi) is 5.07. The molecule has 0 aliphatic rings. The zero-order chi connectivity index (χ0) is 11.2. The van der Waals surface area contributed by atoms with E-state index in [1.165, 1.54) is 12.2 Å². The SMILES string of the molecule is C=CCS(=O)(=O)CCS(=O)(=O)CC=C. The van der Waals surface area contributed by atoms with Gasteiger partial charge in [-0.3, -0.25) is 0 Å². The molecule has 6 heteroatoms. The van der Waals surface area contributed by atoms with Crippen LogP contribution in [0.1, 0.15) is 0 Å². The van der Waals surface area contributed by atoms with Crippen LogP contribution in [0.5, 0.6) is 0 Å². The first kappa shape index (κ1) is 13.4. The molecule has 4 nitrogen and oxygen atoms in total. The summed E-state index contributed by atoms with van der Waals surface area (Å²) in [7, 11) is -6.63. The fourth-order valence-electron chi connectivity index (χ4n) is 0.780. The molecule has 0 fully saturated rings. The summed E-state index contributed by atoms with van der Waals surface area (Å²) in [6, 6.07) is 0. The minimum Gasteiger partial charge on any atom is -0.228 e. The molecule has 0 aromatic carbocycles. The highest BCUT2D eigenvalue weighted by atomic mass is 32.2. The standard InChI is InChI=1S/C8H14O4S2/c1-3-5-13(9,10)7-8-14(11,12)6-4-2/h3-4H,1-2,5-8H2. The molecule has 0 N–H and O–H groups in total. The van der Waals surface area contributed by atoms with Gasteiger partial charge in [-0.05, 0) is 0 Å². The molecule has 82 valence electrons. The highest BCUT2D eigenvalue weighted by Crippen LogP contribution is 1.97. The Morgan fingerprint density at radius 1 is 0.786 bits per heavy atom. The van der Waals surface area contributed by atoms with E-state index in [1.807, 2.05) is 0 Å². The largest absolute Gasteiger partial charge is 0.228 e. The first-order valence-electron chi connectivity index (χ1n) is 3.95. The summed E-state index contributed by atoms with van der Waals surface area (Å²) in [4.78, 5) is 0. The molecule has 0 aromatic rings. The molecule has 0 aliphatic carbocycles. The van der Waals surface area contributed by atoms with Gasteiger partial charge >= 0.3 is 0 Å². The van der Waals surface area contributed by atoms with Gasteiger partial charge in [0.15, 0.2) is 19.7 Å². The Balaban J connectivity index is 4.32. The van der Waals surface area contributed by atoms with Crippen LogP contribution in [0, 0.1) is 0 Å². The van der Waals surface area contributed by atoms with Crippen LogP contribution < -0.4 is 0 Å². The highest BCUT2D eigenvalue weighted by molar-refractivity contribution is 7.95. The molecule has 0 heterocycles. The Morgan fingerprint density at radius 3 is 1.29 bits per heavy atom. The maximum absolute atomic E-state index is 11.1. The molecule has 0 spiro atoms. The van der Waals surface area contributed by atoms with Crippen LogP contribution in [0.25, 0.3) is 0 Å². The van der Waals surface area contributed by atoms with E-state index >= 15 is 0 Å². The van der Waals surface area contributed by atoms with Crippen molar-refractivity contribution in [2.24, 2.45) is 0 Å². The molecule has 0 aliphatic heterocycles. The van der Waals surface area contributed by atoms with Gasteiger partial charge in [0, 0.05) is 0 Å². The Hall–Kier alpha value is -0.620. The normalized spacial score (nSPS) is 12.3. The van der Waals surface area contributed by atoms with E-state index < -0.39 is 19.7 Å². The van der Waals surface area contributed by atoms with Crippen LogP contribution >= 0.6 is 0 Å². The molecule has 0 radical (unpaired) electrons. The van der Waals surface area contributed by atoms with E-state index in [9.17, 15) is 16.8 Å². The summed E-state index contributed by atoms with van der Waals surface area (Å²) in [5.74, 6) is -1.07. The third-order valence-corrected chi connectivity index (χ3v) is 4.85. The first-order valence-corrected chi connectivity index (χ1v) is 7.60. The third-order valence-electron chi connectivity index (χ3n) is 1.45. The molecule has 0 unspecified atom stereocenters. The molecule has 0 saturated heterocycles. The van der Waals surface area contributed by atoms with Crippen molar-refractivity contribution in [1.29, 1.82) is 0 Å². The molecule has 14 heavy (non-hydrogen) atoms. The van der Waals surface area contributed by atoms with Crippen molar-refractivity contribution in [2.75, 3.05) is 23.0 Å². The summed E-state index contributed by atoms with van der Waals surface area (Å²) in [6.07, 6.45) is 2.49. The van der Waals surface area contributed by atoms with Crippen molar-refractivity contribution in [3.8, 4) is 0 Å². The van der Waals surface area contributed by atoms with Crippen molar-refractivity contribution in [2.45, 2.75) is 0 Å². The topological polar surface area (TPSA) is 68.3 Å². The van der Waals surface area contributed by atoms with Gasteiger partial charge in [-0.1, -0.05) is 12.2 Å². The number of hydrogen-bond acceptors (Lipinski definition) is 4. The Labute approximate surface area is 85.2 Å². The predicted molar refractivity (Wildman–Crippen MR) is 57.7 cm³/mol. The fraction of sp³-hybridized carbons (Fsp3) is 0.500. The minimum atomic E-state index is -3.31. The molecule has 0 bridgehead atoms. The number of sulfone groups is 2. The molecule has 0 aromatic heterocycles. The van der Waals surface area contributed by atoms with Gasteiger partial charge in [0.05, 0.1) is 23.0 Å². The van der Waals surface area contributed by atoms with Gasteiger partial charge < -0.3 is 0 Å². The quantitative estimate of drug-likeness (QED) is 0.594. The Morgan fingerprint density at radius 2 is 1.07 bits per heavy atom. The van der Waals surface area contributed by atoms with E-state index in [4.69, 9.17) is 0 Å². The van der Waals surface area contributed by atoms with Crippen LogP contribution in [-0.2, 0) is 19.7 Å². The van der Waals surface area contributed by atoms with Crippen molar-refractivity contribution in [3.63, 3.8) is 0 Å². The lowest BCUT2D eigenvalue weighted by Crippen LogP contribution is -2.20. The average molecular weight is 238 g/mol. The summed E-state index contributed by atoms with van der Waals surface area (Å²) < 4.78 is 44.5. The van der Waals surface area contributed by atoms with Crippen LogP contribution in [0.15, 0.2) is 25.3 Å². The monoisotopic (exact) mass is 238 g/mol. The van der Waals surface area contributed by atoms with Crippen molar-refractivity contribution < 1.29 is 16.8 Å². The zero-order valence-electron chi connectivity index (χ0n) is 7.85. The molecule has 0 atom stereocenters. The van der Waals surface area contributed by atoms with E-state index in [0.717, 1.165) is 0 Å². The Bertz CT molecular complexity index is 349. The smallest absolute Gasteiger partial charge is 0.154 e. The van der Waals surface area contributed by atoms with Gasteiger partial charge in [-0.2, -0.15) is 0 Å². The minimum absolute atomic E-state index is 0.184. The van der Waals surface area contributed by atoms with E-state index in [1.54, 1.807) is 0 Å². The second-order valence-electron chi connectivity index (χ2n) is 2.81. The van der Waals surface area contributed by atoms with Crippen LogP contribution in [-0.4, -0.2) is 39.8 Å². The molecule has 0 amide bonds. The number of rotatable bonds is 7. The molecular formula is C8H14O4S2. The van der Waals surface area contributed by atoms with E-state index in [-0.39, 0.29) is 23.0 Å². The molecule has 0 saturated carbocycles. The average Bonchev–Trinajstić information content (AvgIpc) is 2.01. The van der Waals surface area contributed by atoms with Crippen molar-refractivity contribution in [1.82, 2.24) is 0 Å². The zero-order valence-corrected chi connectivity index (χ0v) is 9.48. The van der Waals surface area contributed by atoms with Gasteiger partial charge in [0.25, 0.3) is 0 Å². The van der Waals surface area contributed by atoms with Gasteiger partial charge in [-0.15, -0.1) is 13.2 Å². The summed E-state index contributed by atoms with van der Waals surface area (Å²) in [5, 5.41) is 0. The first-order chi connectivity index (χ1) is 6.33. The lowest BCUT2D eigenvalue weighted by molar-refractivity contribution is 0.590. The van der Waals surface area contributed by atoms with E-state index in [2.05, 4.69) is 13.2 Å². The summed E-state index contributed by atoms with van der Waals surface area (Å²) in [6.45, 7) is 6.56. The van der Waals surface area contributed by atoms with Crippen LogP contribution in [0.2, 0.25) is 0 Å². The maximum Gasteiger partial charge on any atom is 0.154 e. The lowest BCUT2D eigenvalue weighted by atomic mass is 10.8. The van der Waals surface area contributed by atoms with Gasteiger partial charge in [0.2, 0.25) is 0 Å². The predicted octanol–water partition coefficient (Wildman–Crippen LogP) is 0.188. The van der Waals surface area contributed by atoms with Crippen molar-refractivity contribution >= 4 is 19.7 Å². The maximum atomic E-state index is 11.1. The third kappa shape index (κ3) is 5.93. The van der Waals surface area contributed by atoms with Crippen LogP contribution in [0.3, 0.4) is 0 Å². The lowest BCUT2D eigenvalue weighted by Gasteiger charge is -2.01. The highest BCUT2D eigenvalue weighted by Gasteiger charge is 2.15. The van der Waals surface area contributed by atoms with Gasteiger partial charge in [0.1, 0.15) is 0 Å². The van der Waals surface area contributed by atoms with Crippen molar-refractivity contribution in [3.05, 3.63) is 25.3 Å². The number of hydrogen-bond donors (Lipinski definition) is 0. The summed E-state index contributed by atoms with van der Waals surface area (Å²) in [5.41, 5.74) is 0. The fourth-order valence-corrected chi connectivity index (χ4v) is 3.86. The second kappa shape index (κ2) is 5.31. The van der Waals surface area contributed by atoms with Gasteiger partial charge in [-0.25, -0.2) is 16.8 Å². The molecule has 0 rings (SSSR count). The van der Waals surface area contributed by atoms with Crippen LogP contribution in [0.4, 0.5) is 0 Å². The second-order valence-corrected chi connectivity index (χ2v) is 7.26. The van der Waals surface area contributed by atoms with E-state index in [0.29, 0.717) is 0 Å². The summed E-state index contributed by atoms with van der Waals surface area (Å²) >= 11 is 0. The molecular weight excluding hydrogens is 224 g/mol.